The lowest BCUT2D eigenvalue weighted by atomic mass is 9.89. The molecule has 2 amide bonds. The first kappa shape index (κ1) is 16.0. The lowest BCUT2D eigenvalue weighted by Gasteiger charge is -2.28. The third kappa shape index (κ3) is 3.55. The van der Waals surface area contributed by atoms with Gasteiger partial charge in [-0.15, -0.1) is 0 Å². The van der Waals surface area contributed by atoms with Gasteiger partial charge in [0.15, 0.2) is 0 Å². The van der Waals surface area contributed by atoms with E-state index in [1.165, 1.54) is 5.56 Å². The van der Waals surface area contributed by atoms with Gasteiger partial charge in [-0.2, -0.15) is 0 Å². The summed E-state index contributed by atoms with van der Waals surface area (Å²) in [6.07, 6.45) is 2.51. The average molecular weight is 315 g/mol. The first-order valence-electron chi connectivity index (χ1n) is 8.49. The van der Waals surface area contributed by atoms with Gasteiger partial charge in [-0.3, -0.25) is 9.59 Å². The van der Waals surface area contributed by atoms with Crippen LogP contribution >= 0.6 is 0 Å². The molecule has 0 bridgehead atoms. The maximum atomic E-state index is 12.6. The summed E-state index contributed by atoms with van der Waals surface area (Å²) in [7, 11) is 0. The number of hydrogen-bond donors (Lipinski definition) is 1. The van der Waals surface area contributed by atoms with E-state index in [0.29, 0.717) is 44.4 Å². The molecule has 5 nitrogen and oxygen atoms in total. The van der Waals surface area contributed by atoms with Crippen molar-refractivity contribution < 1.29 is 9.59 Å². The highest BCUT2D eigenvalue weighted by molar-refractivity contribution is 5.85. The number of nitrogens with zero attached hydrogens (tertiary/aromatic N) is 2. The molecule has 2 atom stereocenters. The molecule has 2 heterocycles. The number of carbonyl (C=O) groups is 2. The van der Waals surface area contributed by atoms with Gasteiger partial charge >= 0.3 is 0 Å². The van der Waals surface area contributed by atoms with E-state index >= 15 is 0 Å². The van der Waals surface area contributed by atoms with Gasteiger partial charge in [0.05, 0.1) is 6.54 Å². The summed E-state index contributed by atoms with van der Waals surface area (Å²) in [6, 6.07) is 10.3. The molecule has 23 heavy (non-hydrogen) atoms. The van der Waals surface area contributed by atoms with E-state index in [2.05, 4.69) is 12.1 Å². The molecule has 0 spiro atoms. The number of carbonyl (C=O) groups excluding carboxylic acids is 2. The maximum absolute atomic E-state index is 12.6. The molecule has 2 fully saturated rings. The van der Waals surface area contributed by atoms with Gasteiger partial charge < -0.3 is 15.5 Å². The molecule has 0 aliphatic carbocycles. The van der Waals surface area contributed by atoms with E-state index in [0.717, 1.165) is 12.8 Å². The second-order valence-electron chi connectivity index (χ2n) is 6.58. The lowest BCUT2D eigenvalue weighted by Crippen LogP contribution is -2.44. The molecule has 0 saturated carbocycles. The first-order chi connectivity index (χ1) is 11.2. The fourth-order valence-corrected chi connectivity index (χ4v) is 3.68. The first-order valence-corrected chi connectivity index (χ1v) is 8.49. The molecule has 0 radical (unpaired) electrons. The van der Waals surface area contributed by atoms with Gasteiger partial charge in [0, 0.05) is 32.0 Å². The van der Waals surface area contributed by atoms with Crippen molar-refractivity contribution in [3.8, 4) is 0 Å². The fraction of sp³-hybridized carbons (Fsp3) is 0.556. The van der Waals surface area contributed by atoms with Crippen LogP contribution in [0.5, 0.6) is 0 Å². The minimum Gasteiger partial charge on any atom is -0.340 e. The zero-order chi connectivity index (χ0) is 16.2. The number of benzene rings is 1. The number of amides is 2. The SMILES string of the molecule is NC[C@@H]1CN(C(=O)CN2CCCCC2=O)C[C@H]1c1ccccc1. The molecule has 2 aliphatic heterocycles. The Morgan fingerprint density at radius 1 is 1.17 bits per heavy atom. The van der Waals surface area contributed by atoms with Gasteiger partial charge in [-0.25, -0.2) is 0 Å². The molecule has 124 valence electrons. The number of piperidine rings is 1. The van der Waals surface area contributed by atoms with Crippen LogP contribution in [-0.4, -0.2) is 54.3 Å². The summed E-state index contributed by atoms with van der Waals surface area (Å²) in [6.45, 7) is 2.90. The van der Waals surface area contributed by atoms with E-state index < -0.39 is 0 Å². The molecular formula is C18H25N3O2. The maximum Gasteiger partial charge on any atom is 0.242 e. The molecule has 2 aliphatic rings. The van der Waals surface area contributed by atoms with Crippen molar-refractivity contribution in [2.45, 2.75) is 25.2 Å². The summed E-state index contributed by atoms with van der Waals surface area (Å²) < 4.78 is 0. The Kier molecular flexibility index (Phi) is 4.96. The van der Waals surface area contributed by atoms with E-state index in [4.69, 9.17) is 5.73 Å². The van der Waals surface area contributed by atoms with Crippen LogP contribution < -0.4 is 5.73 Å². The van der Waals surface area contributed by atoms with Gasteiger partial charge in [0.25, 0.3) is 0 Å². The van der Waals surface area contributed by atoms with Gasteiger partial charge in [-0.05, 0) is 30.9 Å². The van der Waals surface area contributed by atoms with Crippen LogP contribution in [0.1, 0.15) is 30.7 Å². The Morgan fingerprint density at radius 3 is 2.65 bits per heavy atom. The number of nitrogens with two attached hydrogens (primary N) is 1. The number of rotatable bonds is 4. The summed E-state index contributed by atoms with van der Waals surface area (Å²) in [5.41, 5.74) is 7.17. The van der Waals surface area contributed by atoms with Crippen molar-refractivity contribution in [3.63, 3.8) is 0 Å². The van der Waals surface area contributed by atoms with E-state index in [1.54, 1.807) is 4.90 Å². The van der Waals surface area contributed by atoms with Crippen LogP contribution in [0.4, 0.5) is 0 Å². The minimum absolute atomic E-state index is 0.0529. The summed E-state index contributed by atoms with van der Waals surface area (Å²) in [4.78, 5) is 28.1. The molecule has 5 heteroatoms. The van der Waals surface area contributed by atoms with Crippen LogP contribution in [0, 0.1) is 5.92 Å². The van der Waals surface area contributed by atoms with Crippen LogP contribution in [0.2, 0.25) is 0 Å². The second-order valence-corrected chi connectivity index (χ2v) is 6.58. The molecule has 2 N–H and O–H groups in total. The topological polar surface area (TPSA) is 66.6 Å². The highest BCUT2D eigenvalue weighted by Crippen LogP contribution is 2.32. The molecular weight excluding hydrogens is 290 g/mol. The summed E-state index contributed by atoms with van der Waals surface area (Å²) >= 11 is 0. The van der Waals surface area contributed by atoms with Crippen LogP contribution in [0.25, 0.3) is 0 Å². The Labute approximate surface area is 137 Å². The third-order valence-electron chi connectivity index (χ3n) is 5.07. The zero-order valence-corrected chi connectivity index (χ0v) is 13.5. The van der Waals surface area contributed by atoms with Gasteiger partial charge in [0.2, 0.25) is 11.8 Å². The van der Waals surface area contributed by atoms with Gasteiger partial charge in [-0.1, -0.05) is 30.3 Å². The number of hydrogen-bond acceptors (Lipinski definition) is 3. The summed E-state index contributed by atoms with van der Waals surface area (Å²) in [5.74, 6) is 0.747. The van der Waals surface area contributed by atoms with Crippen molar-refractivity contribution in [3.05, 3.63) is 35.9 Å². The van der Waals surface area contributed by atoms with Crippen LogP contribution in [-0.2, 0) is 9.59 Å². The van der Waals surface area contributed by atoms with Crippen LogP contribution in [0.15, 0.2) is 30.3 Å². The van der Waals surface area contributed by atoms with Crippen molar-refractivity contribution in [2.75, 3.05) is 32.7 Å². The van der Waals surface area contributed by atoms with Crippen molar-refractivity contribution >= 4 is 11.8 Å². The Balaban J connectivity index is 1.64. The standard InChI is InChI=1S/C18H25N3O2/c19-10-15-11-21(12-16(15)14-6-2-1-3-7-14)18(23)13-20-9-5-4-8-17(20)22/h1-3,6-7,15-16H,4-5,8-13,19H2/t15-,16+/m1/s1. The Morgan fingerprint density at radius 2 is 1.96 bits per heavy atom. The highest BCUT2D eigenvalue weighted by Gasteiger charge is 2.36. The van der Waals surface area contributed by atoms with E-state index in [1.807, 2.05) is 23.1 Å². The Bertz CT molecular complexity index is 561. The molecule has 1 aromatic rings. The quantitative estimate of drug-likeness (QED) is 0.908. The molecule has 0 unspecified atom stereocenters. The fourth-order valence-electron chi connectivity index (χ4n) is 3.68. The monoisotopic (exact) mass is 315 g/mol. The van der Waals surface area contributed by atoms with Crippen LogP contribution in [0.3, 0.4) is 0 Å². The van der Waals surface area contributed by atoms with Crippen molar-refractivity contribution in [1.29, 1.82) is 0 Å². The second kappa shape index (κ2) is 7.13. The average Bonchev–Trinajstić information content (AvgIpc) is 3.02. The Hall–Kier alpha value is -1.88. The molecule has 3 rings (SSSR count). The normalized spacial score (nSPS) is 25.0. The molecule has 1 aromatic carbocycles. The van der Waals surface area contributed by atoms with E-state index in [-0.39, 0.29) is 18.4 Å². The minimum atomic E-state index is 0.0529. The molecule has 0 aromatic heterocycles. The lowest BCUT2D eigenvalue weighted by molar-refractivity contribution is -0.141. The highest BCUT2D eigenvalue weighted by atomic mass is 16.2. The zero-order valence-electron chi connectivity index (χ0n) is 13.5. The third-order valence-corrected chi connectivity index (χ3v) is 5.07. The largest absolute Gasteiger partial charge is 0.340 e. The van der Waals surface area contributed by atoms with Crippen molar-refractivity contribution in [1.82, 2.24) is 9.80 Å². The van der Waals surface area contributed by atoms with Crippen molar-refractivity contribution in [2.24, 2.45) is 11.7 Å². The summed E-state index contributed by atoms with van der Waals surface area (Å²) in [5, 5.41) is 0. The number of likely N-dealkylation sites (tertiary alicyclic amines) is 2. The predicted octanol–water partition coefficient (Wildman–Crippen LogP) is 1.20. The van der Waals surface area contributed by atoms with E-state index in [9.17, 15) is 9.59 Å². The van der Waals surface area contributed by atoms with Gasteiger partial charge in [0.1, 0.15) is 0 Å². The predicted molar refractivity (Wildman–Crippen MR) is 88.7 cm³/mol. The smallest absolute Gasteiger partial charge is 0.242 e. The molecule has 2 saturated heterocycles.